The van der Waals surface area contributed by atoms with Crippen molar-refractivity contribution < 1.29 is 14.7 Å². The van der Waals surface area contributed by atoms with E-state index in [1.165, 1.54) is 5.56 Å². The topological polar surface area (TPSA) is 78.4 Å². The van der Waals surface area contributed by atoms with Gasteiger partial charge < -0.3 is 15.7 Å². The third kappa shape index (κ3) is 6.72. The Morgan fingerprint density at radius 2 is 1.82 bits per heavy atom. The average molecular weight is 306 g/mol. The van der Waals surface area contributed by atoms with E-state index in [-0.39, 0.29) is 12.3 Å². The van der Waals surface area contributed by atoms with Crippen LogP contribution < -0.4 is 10.6 Å². The minimum Gasteiger partial charge on any atom is -0.480 e. The molecule has 1 amide bonds. The molecule has 3 N–H and O–H groups in total. The Bertz CT molecular complexity index is 471. The van der Waals surface area contributed by atoms with Gasteiger partial charge in [-0.15, -0.1) is 0 Å². The lowest BCUT2D eigenvalue weighted by atomic mass is 10.1. The molecule has 0 spiro atoms. The molecule has 0 saturated carbocycles. The van der Waals surface area contributed by atoms with Crippen LogP contribution in [0.25, 0.3) is 0 Å². The second-order valence-electron chi connectivity index (χ2n) is 5.40. The quantitative estimate of drug-likeness (QED) is 0.621. The molecule has 0 aliphatic heterocycles. The number of carbonyl (C=O) groups excluding carboxylic acids is 1. The zero-order chi connectivity index (χ0) is 16.4. The highest BCUT2D eigenvalue weighted by molar-refractivity contribution is 5.94. The number of rotatable bonds is 10. The van der Waals surface area contributed by atoms with Gasteiger partial charge in [0, 0.05) is 5.69 Å². The summed E-state index contributed by atoms with van der Waals surface area (Å²) in [5.74, 6) is -1.30. The van der Waals surface area contributed by atoms with Crippen molar-refractivity contribution >= 4 is 17.6 Å². The number of aryl methyl sites for hydroxylation is 1. The van der Waals surface area contributed by atoms with Gasteiger partial charge in [-0.3, -0.25) is 9.59 Å². The lowest BCUT2D eigenvalue weighted by molar-refractivity contribution is -0.141. The fourth-order valence-corrected chi connectivity index (χ4v) is 2.10. The molecule has 0 aromatic heterocycles. The largest absolute Gasteiger partial charge is 0.480 e. The van der Waals surface area contributed by atoms with E-state index >= 15 is 0 Å². The van der Waals surface area contributed by atoms with E-state index in [1.807, 2.05) is 31.2 Å². The number of anilines is 1. The number of benzene rings is 1. The van der Waals surface area contributed by atoms with Crippen LogP contribution in [0.5, 0.6) is 0 Å². The maximum absolute atomic E-state index is 11.9. The summed E-state index contributed by atoms with van der Waals surface area (Å²) in [6, 6.07) is 6.87. The molecule has 5 nitrogen and oxygen atoms in total. The molecule has 1 atom stereocenters. The molecule has 0 fully saturated rings. The van der Waals surface area contributed by atoms with Crippen LogP contribution in [0.1, 0.15) is 45.1 Å². The molecular weight excluding hydrogens is 280 g/mol. The first-order valence-corrected chi connectivity index (χ1v) is 7.91. The maximum Gasteiger partial charge on any atom is 0.321 e. The Kier molecular flexibility index (Phi) is 8.22. The second-order valence-corrected chi connectivity index (χ2v) is 5.40. The molecule has 22 heavy (non-hydrogen) atoms. The smallest absolute Gasteiger partial charge is 0.321 e. The van der Waals surface area contributed by atoms with Gasteiger partial charge in [0.2, 0.25) is 5.91 Å². The van der Waals surface area contributed by atoms with Crippen LogP contribution >= 0.6 is 0 Å². The Balaban J connectivity index is 2.50. The van der Waals surface area contributed by atoms with Crippen LogP contribution in [0.2, 0.25) is 0 Å². The predicted molar refractivity (Wildman–Crippen MR) is 88.0 cm³/mol. The number of unbranched alkanes of at least 4 members (excludes halogenated alkanes) is 1. The van der Waals surface area contributed by atoms with E-state index in [0.29, 0.717) is 12.2 Å². The molecule has 1 rings (SSSR count). The highest BCUT2D eigenvalue weighted by Gasteiger charge is 2.20. The third-order valence-electron chi connectivity index (χ3n) is 3.39. The van der Waals surface area contributed by atoms with Gasteiger partial charge >= 0.3 is 5.97 Å². The average Bonchev–Trinajstić information content (AvgIpc) is 2.50. The molecule has 0 aliphatic carbocycles. The molecular formula is C17H26N2O3. The molecule has 1 aromatic rings. The minimum atomic E-state index is -1.00. The van der Waals surface area contributed by atoms with Gasteiger partial charge in [-0.25, -0.2) is 0 Å². The molecule has 0 bridgehead atoms. The standard InChI is InChI=1S/C17H26N2O3/c1-3-5-6-13-7-9-14(10-8-13)19-16(20)12-15(17(21)22)18-11-4-2/h7-10,15,18H,3-6,11-12H2,1-2H3,(H,19,20)(H,21,22). The normalized spacial score (nSPS) is 11.9. The molecule has 1 unspecified atom stereocenters. The summed E-state index contributed by atoms with van der Waals surface area (Å²) < 4.78 is 0. The number of nitrogens with one attached hydrogen (secondary N) is 2. The summed E-state index contributed by atoms with van der Waals surface area (Å²) >= 11 is 0. The van der Waals surface area contributed by atoms with E-state index in [9.17, 15) is 9.59 Å². The van der Waals surface area contributed by atoms with Gasteiger partial charge in [0.1, 0.15) is 6.04 Å². The highest BCUT2D eigenvalue weighted by Crippen LogP contribution is 2.12. The number of carbonyl (C=O) groups is 2. The van der Waals surface area contributed by atoms with Gasteiger partial charge in [0.05, 0.1) is 6.42 Å². The first kappa shape index (κ1) is 18.2. The number of hydrogen-bond acceptors (Lipinski definition) is 3. The predicted octanol–water partition coefficient (Wildman–Crippen LogP) is 2.81. The molecule has 0 heterocycles. The fourth-order valence-electron chi connectivity index (χ4n) is 2.10. The summed E-state index contributed by atoms with van der Waals surface area (Å²) in [4.78, 5) is 23.0. The van der Waals surface area contributed by atoms with Crippen LogP contribution in [0, 0.1) is 0 Å². The first-order chi connectivity index (χ1) is 10.6. The van der Waals surface area contributed by atoms with Crippen LogP contribution in [-0.2, 0) is 16.0 Å². The molecule has 0 saturated heterocycles. The SMILES string of the molecule is CCCCc1ccc(NC(=O)CC(NCCC)C(=O)O)cc1. The number of carboxylic acids is 1. The van der Waals surface area contributed by atoms with Crippen molar-refractivity contribution in [2.24, 2.45) is 0 Å². The first-order valence-electron chi connectivity index (χ1n) is 7.91. The summed E-state index contributed by atoms with van der Waals surface area (Å²) in [5.41, 5.74) is 1.94. The van der Waals surface area contributed by atoms with E-state index in [0.717, 1.165) is 25.7 Å². The van der Waals surface area contributed by atoms with Crippen molar-refractivity contribution in [2.75, 3.05) is 11.9 Å². The number of hydrogen-bond donors (Lipinski definition) is 3. The summed E-state index contributed by atoms with van der Waals surface area (Å²) in [5, 5.41) is 14.7. The number of amides is 1. The molecule has 122 valence electrons. The van der Waals surface area contributed by atoms with E-state index in [1.54, 1.807) is 0 Å². The molecule has 0 aliphatic rings. The highest BCUT2D eigenvalue weighted by atomic mass is 16.4. The van der Waals surface area contributed by atoms with Gasteiger partial charge in [0.15, 0.2) is 0 Å². The molecule has 0 radical (unpaired) electrons. The maximum atomic E-state index is 11.9. The van der Waals surface area contributed by atoms with Crippen molar-refractivity contribution in [2.45, 2.75) is 52.0 Å². The second kappa shape index (κ2) is 9.95. The van der Waals surface area contributed by atoms with Gasteiger partial charge in [-0.1, -0.05) is 32.4 Å². The van der Waals surface area contributed by atoms with Gasteiger partial charge in [-0.2, -0.15) is 0 Å². The van der Waals surface area contributed by atoms with E-state index in [2.05, 4.69) is 17.6 Å². The zero-order valence-electron chi connectivity index (χ0n) is 13.4. The van der Waals surface area contributed by atoms with Crippen molar-refractivity contribution in [3.05, 3.63) is 29.8 Å². The van der Waals surface area contributed by atoms with E-state index in [4.69, 9.17) is 5.11 Å². The number of aliphatic carboxylic acids is 1. The van der Waals surface area contributed by atoms with Gasteiger partial charge in [0.25, 0.3) is 0 Å². The van der Waals surface area contributed by atoms with Crippen molar-refractivity contribution in [1.82, 2.24) is 5.32 Å². The Labute approximate surface area is 132 Å². The number of carboxylic acid groups (broad SMARTS) is 1. The monoisotopic (exact) mass is 306 g/mol. The van der Waals surface area contributed by atoms with Crippen LogP contribution in [0.4, 0.5) is 5.69 Å². The van der Waals surface area contributed by atoms with E-state index < -0.39 is 12.0 Å². The van der Waals surface area contributed by atoms with Crippen LogP contribution in [-0.4, -0.2) is 29.6 Å². The fraction of sp³-hybridized carbons (Fsp3) is 0.529. The lowest BCUT2D eigenvalue weighted by Gasteiger charge is -2.14. The zero-order valence-corrected chi connectivity index (χ0v) is 13.4. The summed E-state index contributed by atoms with van der Waals surface area (Å²) in [6.07, 6.45) is 4.08. The Hall–Kier alpha value is -1.88. The molecule has 1 aromatic carbocycles. The van der Waals surface area contributed by atoms with Crippen molar-refractivity contribution in [1.29, 1.82) is 0 Å². The summed E-state index contributed by atoms with van der Waals surface area (Å²) in [7, 11) is 0. The summed E-state index contributed by atoms with van der Waals surface area (Å²) in [6.45, 7) is 4.68. The minimum absolute atomic E-state index is 0.0765. The van der Waals surface area contributed by atoms with Crippen LogP contribution in [0.15, 0.2) is 24.3 Å². The van der Waals surface area contributed by atoms with Gasteiger partial charge in [-0.05, 0) is 43.5 Å². The Morgan fingerprint density at radius 3 is 2.36 bits per heavy atom. The van der Waals surface area contributed by atoms with Crippen LogP contribution in [0.3, 0.4) is 0 Å². The van der Waals surface area contributed by atoms with Crippen molar-refractivity contribution in [3.8, 4) is 0 Å². The third-order valence-corrected chi connectivity index (χ3v) is 3.39. The molecule has 5 heteroatoms. The lowest BCUT2D eigenvalue weighted by Crippen LogP contribution is -2.40. The van der Waals surface area contributed by atoms with Crippen molar-refractivity contribution in [3.63, 3.8) is 0 Å². The Morgan fingerprint density at radius 1 is 1.14 bits per heavy atom.